The van der Waals surface area contributed by atoms with Crippen molar-refractivity contribution in [1.82, 2.24) is 9.88 Å². The Bertz CT molecular complexity index is 592. The van der Waals surface area contributed by atoms with E-state index >= 15 is 0 Å². The van der Waals surface area contributed by atoms with Gasteiger partial charge in [0, 0.05) is 29.3 Å². The van der Waals surface area contributed by atoms with Crippen molar-refractivity contribution in [2.24, 2.45) is 0 Å². The van der Waals surface area contributed by atoms with Crippen molar-refractivity contribution in [2.45, 2.75) is 37.9 Å². The molecule has 2 atom stereocenters. The lowest BCUT2D eigenvalue weighted by Gasteiger charge is -2.41. The number of ether oxygens (including phenoxy) is 1. The Kier molecular flexibility index (Phi) is 2.64. The summed E-state index contributed by atoms with van der Waals surface area (Å²) in [6.45, 7) is 3.96. The van der Waals surface area contributed by atoms with Gasteiger partial charge in [0.25, 0.3) is 0 Å². The average Bonchev–Trinajstić information content (AvgIpc) is 2.74. The quantitative estimate of drug-likeness (QED) is 0.849. The highest BCUT2D eigenvalue weighted by Crippen LogP contribution is 2.33. The van der Waals surface area contributed by atoms with Gasteiger partial charge in [-0.25, -0.2) is 0 Å². The molecule has 2 aromatic rings. The number of morpholine rings is 1. The maximum Gasteiger partial charge on any atom is 0.0621 e. The molecule has 3 heteroatoms. The third-order valence-electron chi connectivity index (χ3n) is 4.53. The van der Waals surface area contributed by atoms with Crippen LogP contribution in [0, 0.1) is 6.92 Å². The van der Waals surface area contributed by atoms with Crippen molar-refractivity contribution in [3.05, 3.63) is 36.0 Å². The lowest BCUT2D eigenvalue weighted by molar-refractivity contribution is 0.0105. The summed E-state index contributed by atoms with van der Waals surface area (Å²) in [5, 5.41) is 5.03. The molecule has 0 amide bonds. The van der Waals surface area contributed by atoms with Crippen LogP contribution in [0.5, 0.6) is 0 Å². The van der Waals surface area contributed by atoms with E-state index < -0.39 is 0 Å². The summed E-state index contributed by atoms with van der Waals surface area (Å²) in [7, 11) is 0. The first-order chi connectivity index (χ1) is 9.31. The number of nitrogens with one attached hydrogen (secondary N) is 1. The van der Waals surface area contributed by atoms with Crippen LogP contribution in [0.3, 0.4) is 0 Å². The van der Waals surface area contributed by atoms with Crippen molar-refractivity contribution >= 4 is 10.9 Å². The number of fused-ring (bicyclic) bond motifs is 3. The van der Waals surface area contributed by atoms with Crippen molar-refractivity contribution in [3.8, 4) is 0 Å². The van der Waals surface area contributed by atoms with Gasteiger partial charge in [-0.1, -0.05) is 18.2 Å². The number of aryl methyl sites for hydroxylation is 1. The van der Waals surface area contributed by atoms with Crippen LogP contribution in [0.15, 0.2) is 30.3 Å². The van der Waals surface area contributed by atoms with Gasteiger partial charge in [-0.05, 0) is 37.3 Å². The van der Waals surface area contributed by atoms with E-state index in [1.165, 1.54) is 29.4 Å². The summed E-state index contributed by atoms with van der Waals surface area (Å²) in [5.74, 6) is 0. The predicted molar refractivity (Wildman–Crippen MR) is 76.5 cm³/mol. The second-order valence-corrected chi connectivity index (χ2v) is 5.94. The van der Waals surface area contributed by atoms with Gasteiger partial charge in [0.05, 0.1) is 13.2 Å². The van der Waals surface area contributed by atoms with Crippen molar-refractivity contribution in [1.29, 1.82) is 0 Å². The minimum Gasteiger partial charge on any atom is -0.378 e. The number of aromatic nitrogens is 1. The van der Waals surface area contributed by atoms with Crippen LogP contribution < -0.4 is 5.32 Å². The predicted octanol–water partition coefficient (Wildman–Crippen LogP) is 2.64. The fourth-order valence-electron chi connectivity index (χ4n) is 3.82. The lowest BCUT2D eigenvalue weighted by Crippen LogP contribution is -2.54. The molecular formula is C16H20N2O. The molecule has 19 heavy (non-hydrogen) atoms. The minimum atomic E-state index is 0.526. The van der Waals surface area contributed by atoms with Crippen LogP contribution in [-0.2, 0) is 4.74 Å². The molecule has 2 aliphatic heterocycles. The zero-order valence-electron chi connectivity index (χ0n) is 11.3. The van der Waals surface area contributed by atoms with Crippen LogP contribution in [0.4, 0.5) is 0 Å². The number of piperidine rings is 1. The van der Waals surface area contributed by atoms with Gasteiger partial charge in [-0.3, -0.25) is 0 Å². The highest BCUT2D eigenvalue weighted by Gasteiger charge is 2.33. The Labute approximate surface area is 113 Å². The third-order valence-corrected chi connectivity index (χ3v) is 4.53. The van der Waals surface area contributed by atoms with E-state index in [-0.39, 0.29) is 0 Å². The zero-order chi connectivity index (χ0) is 12.8. The number of nitrogens with zero attached hydrogens (tertiary/aromatic N) is 1. The van der Waals surface area contributed by atoms with Crippen molar-refractivity contribution in [3.63, 3.8) is 0 Å². The number of benzene rings is 1. The second kappa shape index (κ2) is 4.36. The normalized spacial score (nSPS) is 30.7. The van der Waals surface area contributed by atoms with Crippen LogP contribution in [0.1, 0.15) is 24.6 Å². The molecule has 0 radical (unpaired) electrons. The van der Waals surface area contributed by atoms with Crippen LogP contribution in [0.25, 0.3) is 10.9 Å². The first-order valence-electron chi connectivity index (χ1n) is 7.21. The topological polar surface area (TPSA) is 26.2 Å². The van der Waals surface area contributed by atoms with E-state index in [4.69, 9.17) is 4.74 Å². The van der Waals surface area contributed by atoms with E-state index in [9.17, 15) is 0 Å². The van der Waals surface area contributed by atoms with Gasteiger partial charge >= 0.3 is 0 Å². The van der Waals surface area contributed by atoms with E-state index in [0.29, 0.717) is 18.1 Å². The van der Waals surface area contributed by atoms with Gasteiger partial charge in [0.15, 0.2) is 0 Å². The summed E-state index contributed by atoms with van der Waals surface area (Å²) in [6.07, 6.45) is 2.35. The third kappa shape index (κ3) is 1.88. The highest BCUT2D eigenvalue weighted by atomic mass is 16.5. The standard InChI is InChI=1S/C16H20N2O/c1-11-6-12-4-2-3-5-16(12)18(11)15-7-13-9-19-10-14(8-15)17-13/h2-6,13-15,17H,7-10H2,1H3. The Morgan fingerprint density at radius 2 is 1.89 bits per heavy atom. The van der Waals surface area contributed by atoms with E-state index in [0.717, 1.165) is 13.2 Å². The molecule has 1 aromatic carbocycles. The van der Waals surface area contributed by atoms with Crippen LogP contribution in [-0.4, -0.2) is 29.9 Å². The number of para-hydroxylation sites is 1. The fraction of sp³-hybridized carbons (Fsp3) is 0.500. The SMILES string of the molecule is Cc1cc2ccccc2n1C1CC2COCC(C1)N2. The van der Waals surface area contributed by atoms with Crippen LogP contribution >= 0.6 is 0 Å². The van der Waals surface area contributed by atoms with E-state index in [1.807, 2.05) is 0 Å². The highest BCUT2D eigenvalue weighted by molar-refractivity contribution is 5.81. The van der Waals surface area contributed by atoms with Crippen LogP contribution in [0.2, 0.25) is 0 Å². The molecule has 0 aliphatic carbocycles. The Balaban J connectivity index is 1.75. The minimum absolute atomic E-state index is 0.526. The van der Waals surface area contributed by atoms with Crippen molar-refractivity contribution < 1.29 is 4.74 Å². The molecular weight excluding hydrogens is 236 g/mol. The van der Waals surface area contributed by atoms with Gasteiger partial charge in [0.2, 0.25) is 0 Å². The van der Waals surface area contributed by atoms with Gasteiger partial charge in [-0.15, -0.1) is 0 Å². The summed E-state index contributed by atoms with van der Waals surface area (Å²) < 4.78 is 8.19. The first-order valence-corrected chi connectivity index (χ1v) is 7.21. The molecule has 2 fully saturated rings. The van der Waals surface area contributed by atoms with Gasteiger partial charge < -0.3 is 14.6 Å². The molecule has 4 rings (SSSR count). The zero-order valence-corrected chi connectivity index (χ0v) is 11.3. The van der Waals surface area contributed by atoms with Gasteiger partial charge in [-0.2, -0.15) is 0 Å². The number of rotatable bonds is 1. The molecule has 3 heterocycles. The smallest absolute Gasteiger partial charge is 0.0621 e. The summed E-state index contributed by atoms with van der Waals surface area (Å²) in [5.41, 5.74) is 2.76. The number of hydrogen-bond acceptors (Lipinski definition) is 2. The van der Waals surface area contributed by atoms with E-state index in [1.54, 1.807) is 0 Å². The Morgan fingerprint density at radius 3 is 2.68 bits per heavy atom. The Hall–Kier alpha value is -1.32. The largest absolute Gasteiger partial charge is 0.378 e. The molecule has 100 valence electrons. The Morgan fingerprint density at radius 1 is 1.16 bits per heavy atom. The molecule has 0 spiro atoms. The summed E-state index contributed by atoms with van der Waals surface area (Å²) in [6, 6.07) is 12.7. The molecule has 2 bridgehead atoms. The molecule has 2 unspecified atom stereocenters. The summed E-state index contributed by atoms with van der Waals surface area (Å²) >= 11 is 0. The summed E-state index contributed by atoms with van der Waals surface area (Å²) in [4.78, 5) is 0. The first kappa shape index (κ1) is 11.5. The molecule has 2 saturated heterocycles. The second-order valence-electron chi connectivity index (χ2n) is 5.94. The maximum absolute atomic E-state index is 5.65. The number of hydrogen-bond donors (Lipinski definition) is 1. The van der Waals surface area contributed by atoms with Crippen molar-refractivity contribution in [2.75, 3.05) is 13.2 Å². The van der Waals surface area contributed by atoms with Gasteiger partial charge in [0.1, 0.15) is 0 Å². The average molecular weight is 256 g/mol. The molecule has 0 saturated carbocycles. The van der Waals surface area contributed by atoms with E-state index in [2.05, 4.69) is 47.1 Å². The molecule has 1 aromatic heterocycles. The fourth-order valence-corrected chi connectivity index (χ4v) is 3.82. The lowest BCUT2D eigenvalue weighted by atomic mass is 9.92. The molecule has 2 aliphatic rings. The monoisotopic (exact) mass is 256 g/mol. The molecule has 1 N–H and O–H groups in total. The molecule has 3 nitrogen and oxygen atoms in total. The maximum atomic E-state index is 5.65.